The molecule has 2 aromatic heterocycles. The molecule has 0 radical (unpaired) electrons. The Morgan fingerprint density at radius 2 is 1.12 bits per heavy atom. The van der Waals surface area contributed by atoms with E-state index in [2.05, 4.69) is 84.9 Å². The number of hydrogen-bond donors (Lipinski definition) is 0. The van der Waals surface area contributed by atoms with Gasteiger partial charge in [0.05, 0.1) is 34.8 Å². The zero-order valence-corrected chi connectivity index (χ0v) is 18.3. The Labute approximate surface area is 196 Å². The van der Waals surface area contributed by atoms with Gasteiger partial charge in [-0.1, -0.05) is 78.9 Å². The molecule has 34 heavy (non-hydrogen) atoms. The normalized spacial score (nSPS) is 11.5. The second kappa shape index (κ2) is 7.42. The minimum absolute atomic E-state index is 1.06. The third kappa shape index (κ3) is 2.79. The van der Waals surface area contributed by atoms with Crippen LogP contribution in [0.4, 0.5) is 0 Å². The lowest BCUT2D eigenvalue weighted by Gasteiger charge is -2.13. The topological polar surface area (TPSA) is 35.6 Å². The van der Waals surface area contributed by atoms with E-state index in [0.717, 1.165) is 33.2 Å². The molecule has 0 aliphatic carbocycles. The molecule has 160 valence electrons. The van der Waals surface area contributed by atoms with Gasteiger partial charge in [-0.15, -0.1) is 0 Å². The standard InChI is InChI=1S/C30H20N4/c1-2-10-22(11-3-1)33-30-18-8-14-25(27(30)20-32-33)23-12-6-15-26-24(23)13-7-17-29(26)34-28-16-5-4-9-21(28)19-31-34/h1-20H. The van der Waals surface area contributed by atoms with Crippen LogP contribution in [0, 0.1) is 0 Å². The molecule has 4 heteroatoms. The van der Waals surface area contributed by atoms with E-state index < -0.39 is 0 Å². The van der Waals surface area contributed by atoms with Crippen LogP contribution in [-0.4, -0.2) is 19.6 Å². The number of fused-ring (bicyclic) bond motifs is 3. The van der Waals surface area contributed by atoms with Gasteiger partial charge in [-0.3, -0.25) is 0 Å². The fourth-order valence-electron chi connectivity index (χ4n) is 4.94. The zero-order chi connectivity index (χ0) is 22.5. The first-order valence-electron chi connectivity index (χ1n) is 11.4. The van der Waals surface area contributed by atoms with Crippen LogP contribution >= 0.6 is 0 Å². The van der Waals surface area contributed by atoms with E-state index in [9.17, 15) is 0 Å². The molecule has 0 amide bonds. The Hall–Kier alpha value is -4.70. The van der Waals surface area contributed by atoms with Crippen LogP contribution in [0.3, 0.4) is 0 Å². The first-order chi connectivity index (χ1) is 16.9. The summed E-state index contributed by atoms with van der Waals surface area (Å²) in [5.74, 6) is 0. The Morgan fingerprint density at radius 3 is 2.03 bits per heavy atom. The quantitative estimate of drug-likeness (QED) is 0.294. The van der Waals surface area contributed by atoms with Crippen molar-refractivity contribution >= 4 is 32.6 Å². The number of nitrogens with zero attached hydrogens (tertiary/aromatic N) is 4. The molecule has 0 saturated heterocycles. The molecule has 0 spiro atoms. The summed E-state index contributed by atoms with van der Waals surface area (Å²) in [6.45, 7) is 0. The molecule has 0 fully saturated rings. The highest BCUT2D eigenvalue weighted by Gasteiger charge is 2.14. The van der Waals surface area contributed by atoms with E-state index in [-0.39, 0.29) is 0 Å². The van der Waals surface area contributed by atoms with Crippen molar-refractivity contribution in [2.24, 2.45) is 0 Å². The number of benzene rings is 5. The van der Waals surface area contributed by atoms with Crippen molar-refractivity contribution in [1.29, 1.82) is 0 Å². The minimum atomic E-state index is 1.06. The Kier molecular flexibility index (Phi) is 4.11. The lowest BCUT2D eigenvalue weighted by Crippen LogP contribution is -1.97. The van der Waals surface area contributed by atoms with Crippen LogP contribution in [-0.2, 0) is 0 Å². The van der Waals surface area contributed by atoms with Crippen molar-refractivity contribution < 1.29 is 0 Å². The third-order valence-electron chi connectivity index (χ3n) is 6.51. The molecule has 7 aromatic rings. The Balaban J connectivity index is 1.46. The Bertz CT molecular complexity index is 1810. The predicted octanol–water partition coefficient (Wildman–Crippen LogP) is 7.18. The third-order valence-corrected chi connectivity index (χ3v) is 6.51. The maximum absolute atomic E-state index is 4.73. The van der Waals surface area contributed by atoms with Gasteiger partial charge in [0.25, 0.3) is 0 Å². The lowest BCUT2D eigenvalue weighted by atomic mass is 9.95. The molecule has 0 aliphatic heterocycles. The molecule has 4 nitrogen and oxygen atoms in total. The molecular formula is C30H20N4. The van der Waals surface area contributed by atoms with Gasteiger partial charge in [0.15, 0.2) is 0 Å². The van der Waals surface area contributed by atoms with Crippen molar-refractivity contribution in [2.75, 3.05) is 0 Å². The van der Waals surface area contributed by atoms with Crippen molar-refractivity contribution in [1.82, 2.24) is 19.6 Å². The van der Waals surface area contributed by atoms with E-state index in [1.165, 1.54) is 21.9 Å². The number of para-hydroxylation sites is 2. The van der Waals surface area contributed by atoms with Crippen LogP contribution in [0.5, 0.6) is 0 Å². The summed E-state index contributed by atoms with van der Waals surface area (Å²) in [6, 6.07) is 38.0. The van der Waals surface area contributed by atoms with Gasteiger partial charge in [-0.2, -0.15) is 10.2 Å². The second-order valence-corrected chi connectivity index (χ2v) is 8.42. The van der Waals surface area contributed by atoms with E-state index in [1.54, 1.807) is 0 Å². The molecule has 0 unspecified atom stereocenters. The van der Waals surface area contributed by atoms with E-state index in [1.807, 2.05) is 46.0 Å². The largest absolute Gasteiger partial charge is 0.233 e. The fourth-order valence-corrected chi connectivity index (χ4v) is 4.94. The summed E-state index contributed by atoms with van der Waals surface area (Å²) < 4.78 is 4.04. The second-order valence-electron chi connectivity index (χ2n) is 8.42. The summed E-state index contributed by atoms with van der Waals surface area (Å²) in [6.07, 6.45) is 3.90. The highest BCUT2D eigenvalue weighted by atomic mass is 15.3. The predicted molar refractivity (Wildman–Crippen MR) is 139 cm³/mol. The summed E-state index contributed by atoms with van der Waals surface area (Å²) in [5, 5.41) is 14.1. The minimum Gasteiger partial charge on any atom is -0.233 e. The molecule has 5 aromatic carbocycles. The van der Waals surface area contributed by atoms with Gasteiger partial charge < -0.3 is 0 Å². The molecule has 0 bridgehead atoms. The van der Waals surface area contributed by atoms with Gasteiger partial charge in [-0.25, -0.2) is 9.36 Å². The van der Waals surface area contributed by atoms with E-state index in [4.69, 9.17) is 10.2 Å². The first-order valence-corrected chi connectivity index (χ1v) is 11.4. The summed E-state index contributed by atoms with van der Waals surface area (Å²) in [7, 11) is 0. The van der Waals surface area contributed by atoms with E-state index in [0.29, 0.717) is 0 Å². The molecule has 0 N–H and O–H groups in total. The fraction of sp³-hybridized carbons (Fsp3) is 0. The molecule has 0 aliphatic rings. The number of hydrogen-bond acceptors (Lipinski definition) is 2. The Morgan fingerprint density at radius 1 is 0.441 bits per heavy atom. The average Bonchev–Trinajstić information content (AvgIpc) is 3.53. The smallest absolute Gasteiger partial charge is 0.0747 e. The molecule has 0 saturated carbocycles. The molecule has 0 atom stereocenters. The van der Waals surface area contributed by atoms with Gasteiger partial charge in [0, 0.05) is 16.2 Å². The lowest BCUT2D eigenvalue weighted by molar-refractivity contribution is 0.911. The van der Waals surface area contributed by atoms with Crippen molar-refractivity contribution in [3.63, 3.8) is 0 Å². The molecule has 7 rings (SSSR count). The molecular weight excluding hydrogens is 416 g/mol. The summed E-state index contributed by atoms with van der Waals surface area (Å²) in [5.41, 5.74) is 6.69. The number of aromatic nitrogens is 4. The van der Waals surface area contributed by atoms with Gasteiger partial charge in [0.1, 0.15) is 0 Å². The maximum Gasteiger partial charge on any atom is 0.0747 e. The van der Waals surface area contributed by atoms with Gasteiger partial charge in [0.2, 0.25) is 0 Å². The van der Waals surface area contributed by atoms with Gasteiger partial charge >= 0.3 is 0 Å². The van der Waals surface area contributed by atoms with Crippen molar-refractivity contribution in [3.8, 4) is 22.5 Å². The highest BCUT2D eigenvalue weighted by molar-refractivity contribution is 6.07. The SMILES string of the molecule is c1ccc(-n2ncc3c(-c4cccc5c(-n6ncc7ccccc76)cccc45)cccc32)cc1. The van der Waals surface area contributed by atoms with Crippen LogP contribution in [0.1, 0.15) is 0 Å². The summed E-state index contributed by atoms with van der Waals surface area (Å²) >= 11 is 0. The van der Waals surface area contributed by atoms with Crippen molar-refractivity contribution in [3.05, 3.63) is 122 Å². The van der Waals surface area contributed by atoms with Crippen LogP contribution in [0.15, 0.2) is 122 Å². The first kappa shape index (κ1) is 18.8. The highest BCUT2D eigenvalue weighted by Crippen LogP contribution is 2.36. The zero-order valence-electron chi connectivity index (χ0n) is 18.3. The molecule has 2 heterocycles. The van der Waals surface area contributed by atoms with Crippen LogP contribution in [0.25, 0.3) is 55.1 Å². The number of rotatable bonds is 3. The average molecular weight is 437 g/mol. The van der Waals surface area contributed by atoms with Gasteiger partial charge in [-0.05, 0) is 46.8 Å². The van der Waals surface area contributed by atoms with Crippen molar-refractivity contribution in [2.45, 2.75) is 0 Å². The van der Waals surface area contributed by atoms with Crippen LogP contribution < -0.4 is 0 Å². The van der Waals surface area contributed by atoms with E-state index >= 15 is 0 Å². The maximum atomic E-state index is 4.73. The summed E-state index contributed by atoms with van der Waals surface area (Å²) in [4.78, 5) is 0. The monoisotopic (exact) mass is 436 g/mol. The van der Waals surface area contributed by atoms with Crippen LogP contribution in [0.2, 0.25) is 0 Å².